The zero-order valence-corrected chi connectivity index (χ0v) is 16.7. The van der Waals surface area contributed by atoms with Gasteiger partial charge in [0.2, 0.25) is 0 Å². The molecule has 0 aliphatic heterocycles. The van der Waals surface area contributed by atoms with Crippen molar-refractivity contribution in [3.05, 3.63) is 39.5 Å². The predicted molar refractivity (Wildman–Crippen MR) is 103 cm³/mol. The molecular formula is C17H19Cl2N3O2S. The monoisotopic (exact) mass is 399 g/mol. The summed E-state index contributed by atoms with van der Waals surface area (Å²) in [5, 5.41) is 13.9. The van der Waals surface area contributed by atoms with E-state index in [0.717, 1.165) is 28.6 Å². The average molecular weight is 400 g/mol. The molecule has 1 unspecified atom stereocenters. The molecule has 5 nitrogen and oxygen atoms in total. The summed E-state index contributed by atoms with van der Waals surface area (Å²) in [5.74, 6) is -0.418. The summed E-state index contributed by atoms with van der Waals surface area (Å²) in [5.41, 5.74) is 2.83. The van der Waals surface area contributed by atoms with Crippen molar-refractivity contribution in [3.63, 3.8) is 0 Å². The van der Waals surface area contributed by atoms with E-state index in [1.807, 2.05) is 32.9 Å². The molecule has 0 amide bonds. The minimum Gasteiger partial charge on any atom is -0.480 e. The first-order valence-electron chi connectivity index (χ1n) is 7.66. The standard InChI is InChI=1S/C17H19Cl2N3O2S/c1-5-17(4,15(23)24)25-16-21-13(19)8-14(22-16)20-12-7-6-11(18)9(2)10(12)3/h6-8H,5H2,1-4H3,(H,23,24)(H,20,21,22). The second-order valence-electron chi connectivity index (χ2n) is 5.82. The molecule has 1 aromatic heterocycles. The summed E-state index contributed by atoms with van der Waals surface area (Å²) in [6.07, 6.45) is 0.432. The molecule has 1 atom stereocenters. The maximum Gasteiger partial charge on any atom is 0.319 e. The van der Waals surface area contributed by atoms with Gasteiger partial charge in [-0.25, -0.2) is 9.97 Å². The van der Waals surface area contributed by atoms with Crippen LogP contribution in [0.2, 0.25) is 10.2 Å². The lowest BCUT2D eigenvalue weighted by Gasteiger charge is -2.21. The van der Waals surface area contributed by atoms with E-state index in [1.54, 1.807) is 13.0 Å². The lowest BCUT2D eigenvalue weighted by molar-refractivity contribution is -0.139. The molecule has 1 aromatic carbocycles. The maximum atomic E-state index is 11.5. The summed E-state index contributed by atoms with van der Waals surface area (Å²) >= 11 is 13.3. The second kappa shape index (κ2) is 7.81. The summed E-state index contributed by atoms with van der Waals surface area (Å²) in [6.45, 7) is 7.35. The number of anilines is 2. The van der Waals surface area contributed by atoms with Crippen molar-refractivity contribution < 1.29 is 9.90 Å². The van der Waals surface area contributed by atoms with Gasteiger partial charge in [-0.3, -0.25) is 4.79 Å². The third kappa shape index (κ3) is 4.57. The van der Waals surface area contributed by atoms with Gasteiger partial charge in [-0.1, -0.05) is 41.9 Å². The summed E-state index contributed by atoms with van der Waals surface area (Å²) in [7, 11) is 0. The zero-order chi connectivity index (χ0) is 18.8. The first-order chi connectivity index (χ1) is 11.7. The van der Waals surface area contributed by atoms with E-state index in [2.05, 4.69) is 15.3 Å². The summed E-state index contributed by atoms with van der Waals surface area (Å²) < 4.78 is -1.02. The van der Waals surface area contributed by atoms with Crippen LogP contribution < -0.4 is 5.32 Å². The lowest BCUT2D eigenvalue weighted by Crippen LogP contribution is -2.30. The van der Waals surface area contributed by atoms with Crippen molar-refractivity contribution in [3.8, 4) is 0 Å². The van der Waals surface area contributed by atoms with Gasteiger partial charge >= 0.3 is 5.97 Å². The number of benzene rings is 1. The van der Waals surface area contributed by atoms with Crippen LogP contribution in [0.15, 0.2) is 23.4 Å². The van der Waals surface area contributed by atoms with Crippen molar-refractivity contribution in [2.75, 3.05) is 5.32 Å². The molecule has 0 bridgehead atoms. The number of carbonyl (C=O) groups is 1. The minimum absolute atomic E-state index is 0.243. The van der Waals surface area contributed by atoms with Crippen LogP contribution in [0, 0.1) is 13.8 Å². The summed E-state index contributed by atoms with van der Waals surface area (Å²) in [6, 6.07) is 5.27. The van der Waals surface area contributed by atoms with Gasteiger partial charge in [-0.2, -0.15) is 0 Å². The molecule has 8 heteroatoms. The van der Waals surface area contributed by atoms with Crippen LogP contribution in [0.25, 0.3) is 0 Å². The third-order valence-electron chi connectivity index (χ3n) is 4.10. The highest BCUT2D eigenvalue weighted by Gasteiger charge is 2.33. The molecule has 0 spiro atoms. The number of aliphatic carboxylic acids is 1. The summed E-state index contributed by atoms with van der Waals surface area (Å²) in [4.78, 5) is 20.0. The first kappa shape index (κ1) is 19.8. The number of thioether (sulfide) groups is 1. The Morgan fingerprint density at radius 1 is 1.28 bits per heavy atom. The molecule has 0 aliphatic carbocycles. The Balaban J connectivity index is 2.34. The Morgan fingerprint density at radius 3 is 2.56 bits per heavy atom. The fourth-order valence-electron chi connectivity index (χ4n) is 2.04. The lowest BCUT2D eigenvalue weighted by atomic mass is 10.1. The molecule has 0 saturated heterocycles. The molecule has 1 heterocycles. The van der Waals surface area contributed by atoms with E-state index in [1.165, 1.54) is 0 Å². The molecule has 2 N–H and O–H groups in total. The van der Waals surface area contributed by atoms with Gasteiger partial charge in [0.25, 0.3) is 0 Å². The van der Waals surface area contributed by atoms with Crippen LogP contribution in [0.1, 0.15) is 31.4 Å². The van der Waals surface area contributed by atoms with Crippen LogP contribution in [-0.2, 0) is 4.79 Å². The number of hydrogen-bond donors (Lipinski definition) is 2. The van der Waals surface area contributed by atoms with E-state index >= 15 is 0 Å². The van der Waals surface area contributed by atoms with Gasteiger partial charge in [0.15, 0.2) is 5.16 Å². The Labute approximate surface area is 161 Å². The number of nitrogens with zero attached hydrogens (tertiary/aromatic N) is 2. The molecule has 0 aliphatic rings. The Bertz CT molecular complexity index is 817. The average Bonchev–Trinajstić information content (AvgIpc) is 2.54. The SMILES string of the molecule is CCC(C)(Sc1nc(Cl)cc(Nc2ccc(Cl)c(C)c2C)n1)C(=O)O. The number of carboxylic acid groups (broad SMARTS) is 1. The molecular weight excluding hydrogens is 381 g/mol. The second-order valence-corrected chi connectivity index (χ2v) is 8.08. The maximum absolute atomic E-state index is 11.5. The van der Waals surface area contributed by atoms with E-state index in [9.17, 15) is 9.90 Å². The highest BCUT2D eigenvalue weighted by atomic mass is 35.5. The number of rotatable bonds is 6. The van der Waals surface area contributed by atoms with Crippen molar-refractivity contribution >= 4 is 52.4 Å². The zero-order valence-electron chi connectivity index (χ0n) is 14.4. The number of aromatic nitrogens is 2. The van der Waals surface area contributed by atoms with Crippen molar-refractivity contribution in [2.45, 2.75) is 44.0 Å². The predicted octanol–water partition coefficient (Wildman–Crippen LogP) is 5.49. The quantitative estimate of drug-likeness (QED) is 0.379. The first-order valence-corrected chi connectivity index (χ1v) is 9.23. The van der Waals surface area contributed by atoms with Gasteiger partial charge < -0.3 is 10.4 Å². The van der Waals surface area contributed by atoms with Crippen LogP contribution in [0.5, 0.6) is 0 Å². The van der Waals surface area contributed by atoms with E-state index in [4.69, 9.17) is 23.2 Å². The number of halogens is 2. The van der Waals surface area contributed by atoms with E-state index in [0.29, 0.717) is 22.4 Å². The van der Waals surface area contributed by atoms with Gasteiger partial charge in [0.05, 0.1) is 0 Å². The van der Waals surface area contributed by atoms with Gasteiger partial charge in [0.1, 0.15) is 15.7 Å². The molecule has 2 rings (SSSR count). The fraction of sp³-hybridized carbons (Fsp3) is 0.353. The van der Waals surface area contributed by atoms with Gasteiger partial charge in [0, 0.05) is 16.8 Å². The highest BCUT2D eigenvalue weighted by molar-refractivity contribution is 8.01. The van der Waals surface area contributed by atoms with Crippen LogP contribution >= 0.6 is 35.0 Å². The Morgan fingerprint density at radius 2 is 1.96 bits per heavy atom. The van der Waals surface area contributed by atoms with Crippen molar-refractivity contribution in [2.24, 2.45) is 0 Å². The van der Waals surface area contributed by atoms with Crippen LogP contribution in [0.4, 0.5) is 11.5 Å². The normalized spacial score (nSPS) is 13.4. The number of nitrogens with one attached hydrogen (secondary N) is 1. The van der Waals surface area contributed by atoms with Crippen LogP contribution in [0.3, 0.4) is 0 Å². The largest absolute Gasteiger partial charge is 0.480 e. The minimum atomic E-state index is -1.02. The smallest absolute Gasteiger partial charge is 0.319 e. The highest BCUT2D eigenvalue weighted by Crippen LogP contribution is 2.35. The molecule has 0 radical (unpaired) electrons. The third-order valence-corrected chi connectivity index (χ3v) is 5.98. The van der Waals surface area contributed by atoms with Gasteiger partial charge in [-0.05, 0) is 50.5 Å². The molecule has 0 saturated carbocycles. The topological polar surface area (TPSA) is 75.1 Å². The van der Waals surface area contributed by atoms with E-state index < -0.39 is 10.7 Å². The van der Waals surface area contributed by atoms with Crippen molar-refractivity contribution in [1.82, 2.24) is 9.97 Å². The molecule has 2 aromatic rings. The molecule has 25 heavy (non-hydrogen) atoms. The van der Waals surface area contributed by atoms with E-state index in [-0.39, 0.29) is 5.15 Å². The van der Waals surface area contributed by atoms with Gasteiger partial charge in [-0.15, -0.1) is 0 Å². The fourth-order valence-corrected chi connectivity index (χ4v) is 3.40. The van der Waals surface area contributed by atoms with Crippen molar-refractivity contribution in [1.29, 1.82) is 0 Å². The molecule has 0 fully saturated rings. The van der Waals surface area contributed by atoms with Crippen LogP contribution in [-0.4, -0.2) is 25.8 Å². The number of carboxylic acids is 1. The molecule has 134 valence electrons. The number of hydrogen-bond acceptors (Lipinski definition) is 5. The Kier molecular flexibility index (Phi) is 6.19. The Hall–Kier alpha value is -1.50.